The van der Waals surface area contributed by atoms with Gasteiger partial charge in [0, 0.05) is 31.7 Å². The van der Waals surface area contributed by atoms with E-state index < -0.39 is 0 Å². The number of benzene rings is 2. The first kappa shape index (κ1) is 18.1. The zero-order chi connectivity index (χ0) is 19.5. The molecular formula is C21H20FN5O. The topological polar surface area (TPSA) is 69.2 Å². The molecule has 1 aromatic heterocycles. The van der Waals surface area contributed by atoms with Gasteiger partial charge in [-0.1, -0.05) is 18.2 Å². The van der Waals surface area contributed by atoms with Gasteiger partial charge in [0.25, 0.3) is 0 Å². The van der Waals surface area contributed by atoms with Crippen molar-refractivity contribution in [3.05, 3.63) is 65.8 Å². The van der Waals surface area contributed by atoms with Gasteiger partial charge in [-0.2, -0.15) is 5.26 Å². The van der Waals surface area contributed by atoms with Crippen LogP contribution in [0.5, 0.6) is 0 Å². The van der Waals surface area contributed by atoms with Gasteiger partial charge < -0.3 is 9.32 Å². The lowest BCUT2D eigenvalue weighted by molar-refractivity contribution is 0.173. The van der Waals surface area contributed by atoms with Crippen molar-refractivity contribution in [3.63, 3.8) is 0 Å². The van der Waals surface area contributed by atoms with Gasteiger partial charge in [-0.25, -0.2) is 4.39 Å². The first-order valence-corrected chi connectivity index (χ1v) is 9.23. The van der Waals surface area contributed by atoms with E-state index in [1.54, 1.807) is 12.1 Å². The molecule has 1 fully saturated rings. The van der Waals surface area contributed by atoms with E-state index in [1.165, 1.54) is 6.07 Å². The minimum Gasteiger partial charge on any atom is -0.419 e. The maximum atomic E-state index is 14.3. The lowest BCUT2D eigenvalue weighted by Gasteiger charge is -2.38. The van der Waals surface area contributed by atoms with Crippen LogP contribution in [0.3, 0.4) is 0 Å². The number of hydrogen-bond acceptors (Lipinski definition) is 6. The molecule has 1 saturated heterocycles. The van der Waals surface area contributed by atoms with Crippen molar-refractivity contribution in [2.75, 3.05) is 31.1 Å². The number of rotatable bonds is 4. The summed E-state index contributed by atoms with van der Waals surface area (Å²) in [5.41, 5.74) is 1.77. The molecule has 1 aliphatic heterocycles. The van der Waals surface area contributed by atoms with Crippen LogP contribution >= 0.6 is 0 Å². The fraction of sp³-hybridized carbons (Fsp3) is 0.286. The molecule has 2 heterocycles. The minimum atomic E-state index is -0.357. The molecule has 0 amide bonds. The highest BCUT2D eigenvalue weighted by atomic mass is 19.1. The van der Waals surface area contributed by atoms with Gasteiger partial charge in [0.15, 0.2) is 0 Å². The SMILES string of the molecule is CC(c1nnc(-c2ccccc2)o1)N1CCN(c2ccc(C#N)cc2F)CC1. The van der Waals surface area contributed by atoms with Gasteiger partial charge in [-0.3, -0.25) is 4.90 Å². The van der Waals surface area contributed by atoms with Crippen LogP contribution in [0.15, 0.2) is 52.9 Å². The number of hydrogen-bond donors (Lipinski definition) is 0. The van der Waals surface area contributed by atoms with Crippen molar-refractivity contribution < 1.29 is 8.81 Å². The molecule has 0 N–H and O–H groups in total. The standard InChI is InChI=1S/C21H20FN5O/c1-15(20-24-25-21(28-20)17-5-3-2-4-6-17)26-9-11-27(12-10-26)19-8-7-16(14-23)13-18(19)22/h2-8,13,15H,9-12H2,1H3. The van der Waals surface area contributed by atoms with Crippen molar-refractivity contribution in [1.29, 1.82) is 5.26 Å². The number of piperazine rings is 1. The average molecular weight is 377 g/mol. The van der Waals surface area contributed by atoms with Crippen LogP contribution < -0.4 is 4.90 Å². The van der Waals surface area contributed by atoms with Crippen LogP contribution in [0.1, 0.15) is 24.4 Å². The molecule has 0 radical (unpaired) electrons. The van der Waals surface area contributed by atoms with Crippen LogP contribution in [0.2, 0.25) is 0 Å². The monoisotopic (exact) mass is 377 g/mol. The van der Waals surface area contributed by atoms with E-state index in [0.29, 0.717) is 36.1 Å². The molecule has 6 nitrogen and oxygen atoms in total. The molecule has 0 bridgehead atoms. The molecule has 2 aromatic carbocycles. The zero-order valence-corrected chi connectivity index (χ0v) is 15.5. The van der Waals surface area contributed by atoms with Gasteiger partial charge in [0.2, 0.25) is 11.8 Å². The van der Waals surface area contributed by atoms with E-state index in [9.17, 15) is 4.39 Å². The van der Waals surface area contributed by atoms with Crippen molar-refractivity contribution in [2.24, 2.45) is 0 Å². The Kier molecular flexibility index (Phi) is 5.04. The third kappa shape index (κ3) is 3.59. The Morgan fingerprint density at radius 3 is 2.50 bits per heavy atom. The summed E-state index contributed by atoms with van der Waals surface area (Å²) in [6.45, 7) is 4.92. The van der Waals surface area contributed by atoms with Crippen molar-refractivity contribution in [2.45, 2.75) is 13.0 Å². The second-order valence-electron chi connectivity index (χ2n) is 6.79. The Morgan fingerprint density at radius 1 is 1.07 bits per heavy atom. The zero-order valence-electron chi connectivity index (χ0n) is 15.5. The Balaban J connectivity index is 1.41. The fourth-order valence-corrected chi connectivity index (χ4v) is 3.44. The molecule has 1 aliphatic rings. The molecule has 1 unspecified atom stereocenters. The number of anilines is 1. The van der Waals surface area contributed by atoms with Gasteiger partial charge in [-0.15, -0.1) is 10.2 Å². The normalized spacial score (nSPS) is 16.0. The predicted octanol–water partition coefficient (Wildman–Crippen LogP) is 3.63. The molecule has 4 rings (SSSR count). The highest BCUT2D eigenvalue weighted by Crippen LogP contribution is 2.27. The molecule has 0 spiro atoms. The number of nitrogens with zero attached hydrogens (tertiary/aromatic N) is 5. The first-order chi connectivity index (χ1) is 13.7. The molecule has 0 aliphatic carbocycles. The minimum absolute atomic E-state index is 0.0158. The van der Waals surface area contributed by atoms with E-state index in [2.05, 4.69) is 15.1 Å². The van der Waals surface area contributed by atoms with Crippen LogP contribution in [0.25, 0.3) is 11.5 Å². The molecule has 0 saturated carbocycles. The summed E-state index contributed by atoms with van der Waals surface area (Å²) >= 11 is 0. The molecule has 7 heteroatoms. The lowest BCUT2D eigenvalue weighted by atomic mass is 10.1. The number of nitriles is 1. The van der Waals surface area contributed by atoms with Crippen molar-refractivity contribution in [1.82, 2.24) is 15.1 Å². The second-order valence-corrected chi connectivity index (χ2v) is 6.79. The third-order valence-electron chi connectivity index (χ3n) is 5.10. The van der Waals surface area contributed by atoms with Crippen molar-refractivity contribution >= 4 is 5.69 Å². The maximum absolute atomic E-state index is 14.3. The summed E-state index contributed by atoms with van der Waals surface area (Å²) in [4.78, 5) is 4.25. The third-order valence-corrected chi connectivity index (χ3v) is 5.10. The fourth-order valence-electron chi connectivity index (χ4n) is 3.44. The van der Waals surface area contributed by atoms with Crippen molar-refractivity contribution in [3.8, 4) is 17.5 Å². The summed E-state index contributed by atoms with van der Waals surface area (Å²) in [7, 11) is 0. The summed E-state index contributed by atoms with van der Waals surface area (Å²) < 4.78 is 20.1. The Labute approximate surface area is 162 Å². The summed E-state index contributed by atoms with van der Waals surface area (Å²) in [5, 5.41) is 17.3. The Bertz CT molecular complexity index is 990. The quantitative estimate of drug-likeness (QED) is 0.692. The molecule has 1 atom stereocenters. The first-order valence-electron chi connectivity index (χ1n) is 9.23. The second kappa shape index (κ2) is 7.79. The van der Waals surface area contributed by atoms with Crippen LogP contribution in [0, 0.1) is 17.1 Å². The summed E-state index contributed by atoms with van der Waals surface area (Å²) in [5.74, 6) is 0.738. The van der Waals surface area contributed by atoms with Gasteiger partial charge in [-0.05, 0) is 37.3 Å². The number of halogens is 1. The van der Waals surface area contributed by atoms with E-state index in [1.807, 2.05) is 48.2 Å². The predicted molar refractivity (Wildman–Crippen MR) is 103 cm³/mol. The van der Waals surface area contributed by atoms with Gasteiger partial charge in [0.1, 0.15) is 5.82 Å². The highest BCUT2D eigenvalue weighted by molar-refractivity contribution is 5.52. The van der Waals surface area contributed by atoms with E-state index in [4.69, 9.17) is 9.68 Å². The molecule has 3 aromatic rings. The average Bonchev–Trinajstić information content (AvgIpc) is 3.24. The highest BCUT2D eigenvalue weighted by Gasteiger charge is 2.26. The maximum Gasteiger partial charge on any atom is 0.247 e. The van der Waals surface area contributed by atoms with E-state index >= 15 is 0 Å². The van der Waals surface area contributed by atoms with Gasteiger partial charge in [0.05, 0.1) is 23.4 Å². The van der Waals surface area contributed by atoms with E-state index in [0.717, 1.165) is 18.7 Å². The molecule has 28 heavy (non-hydrogen) atoms. The summed E-state index contributed by atoms with van der Waals surface area (Å²) in [6, 6.07) is 16.2. The van der Waals surface area contributed by atoms with Crippen LogP contribution in [0.4, 0.5) is 10.1 Å². The largest absolute Gasteiger partial charge is 0.419 e. The molecule has 142 valence electrons. The van der Waals surface area contributed by atoms with Crippen LogP contribution in [-0.2, 0) is 0 Å². The Morgan fingerprint density at radius 2 is 1.82 bits per heavy atom. The van der Waals surface area contributed by atoms with Gasteiger partial charge >= 0.3 is 0 Å². The number of aromatic nitrogens is 2. The Hall–Kier alpha value is -3.24. The smallest absolute Gasteiger partial charge is 0.247 e. The van der Waals surface area contributed by atoms with Crippen LogP contribution in [-0.4, -0.2) is 41.3 Å². The lowest BCUT2D eigenvalue weighted by Crippen LogP contribution is -2.47. The van der Waals surface area contributed by atoms with E-state index in [-0.39, 0.29) is 11.9 Å². The molecular weight excluding hydrogens is 357 g/mol. The summed E-state index contributed by atoms with van der Waals surface area (Å²) in [6.07, 6.45) is 0.